The number of methoxy groups -OCH3 is 3. The Bertz CT molecular complexity index is 1860. The van der Waals surface area contributed by atoms with Crippen molar-refractivity contribution < 1.29 is 61.7 Å². The SMILES string of the molecule is CCC1OC(=O)C(C)C(OC(=O)Cc2cc(F)cc(F)c2)C(C)C(OC2OC(C)CC(N(C)C)C2OC)C(C)(OC)CC(C)C(=NN=Cc2ccc(OC)cc2)C(C)C(O)C1(C)O. The van der Waals surface area contributed by atoms with Gasteiger partial charge < -0.3 is 48.3 Å². The van der Waals surface area contributed by atoms with E-state index in [1.165, 1.54) is 21.0 Å². The average molecular weight is 890 g/mol. The number of ether oxygens (including phenoxy) is 7. The molecule has 2 N–H and O–H groups in total. The van der Waals surface area contributed by atoms with Crippen molar-refractivity contribution in [1.29, 1.82) is 0 Å². The minimum Gasteiger partial charge on any atom is -0.497 e. The number of aliphatic hydroxyl groups is 2. The van der Waals surface area contributed by atoms with Crippen molar-refractivity contribution in [3.05, 3.63) is 65.2 Å². The summed E-state index contributed by atoms with van der Waals surface area (Å²) in [7, 11) is 8.55. The monoisotopic (exact) mass is 889 g/mol. The summed E-state index contributed by atoms with van der Waals surface area (Å²) in [5, 5.41) is 33.2. The minimum atomic E-state index is -2.00. The molecule has 2 heterocycles. The van der Waals surface area contributed by atoms with Gasteiger partial charge in [0, 0.05) is 43.9 Å². The molecule has 14 atom stereocenters. The molecule has 2 saturated heterocycles. The maximum Gasteiger partial charge on any atom is 0.312 e. The zero-order valence-electron chi connectivity index (χ0n) is 39.0. The average Bonchev–Trinajstić information content (AvgIpc) is 3.23. The van der Waals surface area contributed by atoms with E-state index in [4.69, 9.17) is 33.2 Å². The molecule has 0 bridgehead atoms. The summed E-state index contributed by atoms with van der Waals surface area (Å²) in [5.74, 6) is -6.22. The van der Waals surface area contributed by atoms with Crippen LogP contribution in [0.3, 0.4) is 0 Å². The number of hydrogen-bond donors (Lipinski definition) is 2. The van der Waals surface area contributed by atoms with Crippen LogP contribution in [0.5, 0.6) is 5.75 Å². The summed E-state index contributed by atoms with van der Waals surface area (Å²) >= 11 is 0. The van der Waals surface area contributed by atoms with Crippen molar-refractivity contribution in [3.63, 3.8) is 0 Å². The summed E-state index contributed by atoms with van der Waals surface area (Å²) in [4.78, 5) is 30.2. The number of rotatable bonds is 12. The van der Waals surface area contributed by atoms with E-state index in [2.05, 4.69) is 10.2 Å². The van der Waals surface area contributed by atoms with E-state index in [1.807, 2.05) is 51.9 Å². The van der Waals surface area contributed by atoms with E-state index in [1.54, 1.807) is 53.3 Å². The summed E-state index contributed by atoms with van der Waals surface area (Å²) in [5.41, 5.74) is -2.13. The van der Waals surface area contributed by atoms with E-state index in [0.29, 0.717) is 23.9 Å². The highest BCUT2D eigenvalue weighted by molar-refractivity contribution is 5.90. The van der Waals surface area contributed by atoms with Gasteiger partial charge in [-0.2, -0.15) is 10.2 Å². The second kappa shape index (κ2) is 22.3. The molecule has 0 radical (unpaired) electrons. The predicted octanol–water partition coefficient (Wildman–Crippen LogP) is 6.16. The molecule has 352 valence electrons. The zero-order valence-corrected chi connectivity index (χ0v) is 39.0. The first-order chi connectivity index (χ1) is 29.6. The lowest BCUT2D eigenvalue weighted by molar-refractivity contribution is -0.305. The van der Waals surface area contributed by atoms with Crippen molar-refractivity contribution in [1.82, 2.24) is 4.90 Å². The Labute approximate surface area is 371 Å². The van der Waals surface area contributed by atoms with Gasteiger partial charge in [0.05, 0.1) is 49.6 Å². The number of aliphatic hydroxyl groups excluding tert-OH is 1. The van der Waals surface area contributed by atoms with Crippen LogP contribution in [0.25, 0.3) is 0 Å². The van der Waals surface area contributed by atoms with Crippen LogP contribution in [0.1, 0.15) is 85.8 Å². The quantitative estimate of drug-likeness (QED) is 0.142. The number of cyclic esters (lactones) is 1. The molecule has 0 aliphatic carbocycles. The molecule has 2 fully saturated rings. The number of halogens is 2. The molecular weight excluding hydrogens is 821 g/mol. The first-order valence-corrected chi connectivity index (χ1v) is 21.7. The van der Waals surface area contributed by atoms with Crippen molar-refractivity contribution in [2.45, 2.75) is 141 Å². The van der Waals surface area contributed by atoms with Gasteiger partial charge >= 0.3 is 11.9 Å². The number of carbonyl (C=O) groups is 2. The van der Waals surface area contributed by atoms with E-state index < -0.39 is 102 Å². The largest absolute Gasteiger partial charge is 0.497 e. The lowest BCUT2D eigenvalue weighted by Crippen LogP contribution is -2.61. The molecule has 2 aliphatic heterocycles. The third-order valence-corrected chi connectivity index (χ3v) is 12.8. The number of carbonyl (C=O) groups excluding carboxylic acids is 2. The van der Waals surface area contributed by atoms with Crippen LogP contribution in [-0.4, -0.2) is 135 Å². The molecular formula is C47H69F2N3O11. The molecule has 2 aromatic rings. The zero-order chi connectivity index (χ0) is 47.0. The van der Waals surface area contributed by atoms with Crippen molar-refractivity contribution in [2.24, 2.45) is 33.9 Å². The fourth-order valence-electron chi connectivity index (χ4n) is 9.15. The Morgan fingerprint density at radius 1 is 0.984 bits per heavy atom. The van der Waals surface area contributed by atoms with Gasteiger partial charge in [-0.3, -0.25) is 9.59 Å². The van der Waals surface area contributed by atoms with Gasteiger partial charge in [0.15, 0.2) is 6.29 Å². The molecule has 14 unspecified atom stereocenters. The van der Waals surface area contributed by atoms with Gasteiger partial charge in [-0.1, -0.05) is 27.7 Å². The van der Waals surface area contributed by atoms with Gasteiger partial charge in [-0.05, 0) is 114 Å². The van der Waals surface area contributed by atoms with E-state index in [-0.39, 0.29) is 30.6 Å². The van der Waals surface area contributed by atoms with E-state index >= 15 is 0 Å². The molecule has 4 rings (SSSR count). The first-order valence-electron chi connectivity index (χ1n) is 21.7. The third kappa shape index (κ3) is 12.7. The molecule has 0 spiro atoms. The Morgan fingerprint density at radius 2 is 1.62 bits per heavy atom. The number of benzene rings is 2. The lowest BCUT2D eigenvalue weighted by atomic mass is 9.73. The molecule has 14 nitrogen and oxygen atoms in total. The molecule has 63 heavy (non-hydrogen) atoms. The smallest absolute Gasteiger partial charge is 0.312 e. The number of hydrogen-bond acceptors (Lipinski definition) is 14. The Hall–Kier alpha value is -3.90. The van der Waals surface area contributed by atoms with Crippen LogP contribution in [0.15, 0.2) is 52.7 Å². The predicted molar refractivity (Wildman–Crippen MR) is 234 cm³/mol. The summed E-state index contributed by atoms with van der Waals surface area (Å²) in [6.45, 7) is 13.8. The molecule has 2 aliphatic rings. The van der Waals surface area contributed by atoms with Crippen LogP contribution in [0.2, 0.25) is 0 Å². The molecule has 0 aromatic heterocycles. The fraction of sp³-hybridized carbons (Fsp3) is 0.660. The summed E-state index contributed by atoms with van der Waals surface area (Å²) in [6, 6.07) is 9.85. The van der Waals surface area contributed by atoms with Gasteiger partial charge in [0.25, 0.3) is 0 Å². The van der Waals surface area contributed by atoms with Crippen LogP contribution in [0.4, 0.5) is 8.78 Å². The number of likely N-dealkylation sites (N-methyl/N-ethyl adjacent to an activating group) is 1. The lowest BCUT2D eigenvalue weighted by Gasteiger charge is -2.49. The van der Waals surface area contributed by atoms with E-state index in [0.717, 1.165) is 17.7 Å². The van der Waals surface area contributed by atoms with Crippen LogP contribution >= 0.6 is 0 Å². The van der Waals surface area contributed by atoms with Gasteiger partial charge in [0.1, 0.15) is 41.3 Å². The van der Waals surface area contributed by atoms with Gasteiger partial charge in [0.2, 0.25) is 0 Å². The first kappa shape index (κ1) is 51.7. The summed E-state index contributed by atoms with van der Waals surface area (Å²) < 4.78 is 72.0. The minimum absolute atomic E-state index is 0.0264. The molecule has 0 amide bonds. The molecule has 0 saturated carbocycles. The van der Waals surface area contributed by atoms with Crippen molar-refractivity contribution in [2.75, 3.05) is 35.4 Å². The highest BCUT2D eigenvalue weighted by Gasteiger charge is 2.53. The Morgan fingerprint density at radius 3 is 2.17 bits per heavy atom. The number of esters is 2. The van der Waals surface area contributed by atoms with Crippen LogP contribution in [0, 0.1) is 35.3 Å². The van der Waals surface area contributed by atoms with Gasteiger partial charge in [-0.25, -0.2) is 8.78 Å². The Balaban J connectivity index is 1.92. The van der Waals surface area contributed by atoms with Crippen LogP contribution in [-0.2, 0) is 44.4 Å². The van der Waals surface area contributed by atoms with E-state index in [9.17, 15) is 28.6 Å². The summed E-state index contributed by atoms with van der Waals surface area (Å²) in [6.07, 6.45) is -4.93. The Kier molecular flexibility index (Phi) is 18.3. The maximum atomic E-state index is 14.4. The fourth-order valence-corrected chi connectivity index (χ4v) is 9.15. The van der Waals surface area contributed by atoms with Crippen molar-refractivity contribution in [3.8, 4) is 5.75 Å². The van der Waals surface area contributed by atoms with Gasteiger partial charge in [-0.15, -0.1) is 0 Å². The highest BCUT2D eigenvalue weighted by atomic mass is 19.1. The molecule has 2 aromatic carbocycles. The topological polar surface area (TPSA) is 167 Å². The molecule has 16 heteroatoms. The number of nitrogens with zero attached hydrogens (tertiary/aromatic N) is 3. The second-order valence-electron chi connectivity index (χ2n) is 17.9. The highest BCUT2D eigenvalue weighted by Crippen LogP contribution is 2.40. The van der Waals surface area contributed by atoms with Crippen molar-refractivity contribution >= 4 is 23.9 Å². The second-order valence-corrected chi connectivity index (χ2v) is 17.9. The normalized spacial score (nSPS) is 35.7. The van der Waals surface area contributed by atoms with Crippen LogP contribution < -0.4 is 4.74 Å². The standard InChI is InChI=1S/C47H69F2N3O11/c1-14-37-47(8,56)42(54)28(4)39(51-50-25-31-15-17-35(57-11)18-16-31)26(2)24-46(7,59-13)43(63-45-41(58-12)36(52(9)10)19-27(3)60-45)29(5)40(30(6)44(55)61-37)62-38(53)22-32-20-33(48)23-34(49)21-32/h15-18,20-21,23,25-30,36-37,40-43,45,54,56H,14,19,22,24H2,1-13H3. The third-order valence-electron chi connectivity index (χ3n) is 12.8. The maximum absolute atomic E-state index is 14.4.